The molecule has 1 atom stereocenters. The van der Waals surface area contributed by atoms with Gasteiger partial charge in [0.15, 0.2) is 14.6 Å². The smallest absolute Gasteiger partial charge is 0.178 e. The predicted octanol–water partition coefficient (Wildman–Crippen LogP) is 3.08. The quantitative estimate of drug-likeness (QED) is 0.793. The highest BCUT2D eigenvalue weighted by Gasteiger charge is 2.25. The van der Waals surface area contributed by atoms with Crippen molar-refractivity contribution in [2.45, 2.75) is 6.04 Å². The highest BCUT2D eigenvalue weighted by Crippen LogP contribution is 2.29. The molecule has 0 spiro atoms. The van der Waals surface area contributed by atoms with Crippen molar-refractivity contribution in [3.63, 3.8) is 0 Å². The van der Waals surface area contributed by atoms with Gasteiger partial charge in [0, 0.05) is 11.5 Å². The normalized spacial score (nSPS) is 21.3. The molecule has 0 fully saturated rings. The Balaban J connectivity index is 2.25. The number of nitrogens with zero attached hydrogens (tertiary/aromatic N) is 1. The Morgan fingerprint density at radius 2 is 2.21 bits per heavy atom. The zero-order valence-corrected chi connectivity index (χ0v) is 12.6. The number of aromatic nitrogens is 2. The summed E-state index contributed by atoms with van der Waals surface area (Å²) in [6.07, 6.45) is 1.59. The molecular weight excluding hydrogens is 355 g/mol. The molecule has 0 radical (unpaired) electrons. The summed E-state index contributed by atoms with van der Waals surface area (Å²) in [6, 6.07) is 2.57. The van der Waals surface area contributed by atoms with Crippen LogP contribution in [-0.4, -0.2) is 23.7 Å². The van der Waals surface area contributed by atoms with E-state index in [0.717, 1.165) is 0 Å². The van der Waals surface area contributed by atoms with Crippen molar-refractivity contribution in [1.82, 2.24) is 9.55 Å². The highest BCUT2D eigenvalue weighted by atomic mass is 79.9. The van der Waals surface area contributed by atoms with E-state index in [2.05, 4.69) is 20.9 Å². The molecule has 1 aromatic heterocycles. The second-order valence-corrected chi connectivity index (χ2v) is 7.48. The lowest BCUT2D eigenvalue weighted by atomic mass is 10.2. The third kappa shape index (κ3) is 2.17. The van der Waals surface area contributed by atoms with Gasteiger partial charge >= 0.3 is 0 Å². The Morgan fingerprint density at radius 1 is 1.47 bits per heavy atom. The number of rotatable bonds is 1. The van der Waals surface area contributed by atoms with E-state index in [1.54, 1.807) is 16.7 Å². The number of benzene rings is 1. The molecule has 2 aromatic rings. The molecule has 0 aliphatic carbocycles. The summed E-state index contributed by atoms with van der Waals surface area (Å²) in [5, 5.41) is 1.19. The van der Waals surface area contributed by atoms with Crippen molar-refractivity contribution < 1.29 is 12.8 Å². The van der Waals surface area contributed by atoms with E-state index in [1.165, 1.54) is 11.5 Å². The summed E-state index contributed by atoms with van der Waals surface area (Å²) in [7, 11) is -3.17. The van der Waals surface area contributed by atoms with Crippen LogP contribution in [-0.2, 0) is 9.84 Å². The van der Waals surface area contributed by atoms with Crippen molar-refractivity contribution in [3.05, 3.63) is 38.7 Å². The third-order valence-electron chi connectivity index (χ3n) is 3.00. The molecule has 19 heavy (non-hydrogen) atoms. The first-order valence-electron chi connectivity index (χ1n) is 5.37. The van der Waals surface area contributed by atoms with Crippen molar-refractivity contribution in [1.29, 1.82) is 0 Å². The Hall–Kier alpha value is -0.990. The number of nitrogens with one attached hydrogen (secondary N) is 1. The molecule has 1 aliphatic heterocycles. The lowest BCUT2D eigenvalue weighted by molar-refractivity contribution is 0.594. The average Bonchev–Trinajstić information content (AvgIpc) is 2.79. The Bertz CT molecular complexity index is 867. The van der Waals surface area contributed by atoms with E-state index in [-0.39, 0.29) is 11.8 Å². The molecule has 1 aliphatic rings. The summed E-state index contributed by atoms with van der Waals surface area (Å²) in [5.41, 5.74) is 1.22. The van der Waals surface area contributed by atoms with Crippen molar-refractivity contribution in [2.75, 3.05) is 5.75 Å². The number of imidazole rings is 1. The number of fused-ring (bicyclic) bond motifs is 1. The molecule has 8 heteroatoms. The molecule has 1 unspecified atom stereocenters. The van der Waals surface area contributed by atoms with Gasteiger partial charge in [-0.05, 0) is 40.3 Å². The SMILES string of the molecule is O=S1(=O)C=CC(n2c(=S)[nH]c3cc(F)c(Br)cc32)C1. The standard InChI is InChI=1S/C11H8BrFN2O2S2/c12-7-3-10-9(4-8(7)13)14-11(18)15(10)6-1-2-19(16,17)5-6/h1-4,6H,5H2,(H,14,18). The first kappa shape index (κ1) is 13.0. The third-order valence-corrected chi connectivity index (χ3v) is 5.29. The van der Waals surface area contributed by atoms with E-state index >= 15 is 0 Å². The first-order valence-corrected chi connectivity index (χ1v) is 8.29. The summed E-state index contributed by atoms with van der Waals surface area (Å²) < 4.78 is 38.8. The van der Waals surface area contributed by atoms with Gasteiger partial charge in [0.25, 0.3) is 0 Å². The summed E-state index contributed by atoms with van der Waals surface area (Å²) in [5.74, 6) is -0.422. The van der Waals surface area contributed by atoms with Crippen LogP contribution in [0.2, 0.25) is 0 Å². The molecule has 4 nitrogen and oxygen atoms in total. The molecule has 1 N–H and O–H groups in total. The van der Waals surface area contributed by atoms with Crippen LogP contribution in [0.15, 0.2) is 28.1 Å². The van der Waals surface area contributed by atoms with E-state index in [1.807, 2.05) is 0 Å². The van der Waals surface area contributed by atoms with E-state index in [9.17, 15) is 12.8 Å². The molecule has 1 aromatic carbocycles. The summed E-state index contributed by atoms with van der Waals surface area (Å²) in [4.78, 5) is 2.89. The van der Waals surface area contributed by atoms with Crippen LogP contribution in [0.25, 0.3) is 11.0 Å². The zero-order valence-electron chi connectivity index (χ0n) is 9.43. The van der Waals surface area contributed by atoms with Crippen LogP contribution < -0.4 is 0 Å². The highest BCUT2D eigenvalue weighted by molar-refractivity contribution is 9.10. The van der Waals surface area contributed by atoms with Gasteiger partial charge in [-0.3, -0.25) is 0 Å². The zero-order chi connectivity index (χ0) is 13.8. The maximum atomic E-state index is 13.5. The largest absolute Gasteiger partial charge is 0.330 e. The molecule has 0 amide bonds. The molecule has 3 rings (SSSR count). The molecule has 100 valence electrons. The molecule has 0 bridgehead atoms. The van der Waals surface area contributed by atoms with Crippen LogP contribution in [0.1, 0.15) is 6.04 Å². The lowest BCUT2D eigenvalue weighted by Crippen LogP contribution is -2.11. The van der Waals surface area contributed by atoms with Gasteiger partial charge in [-0.2, -0.15) is 0 Å². The lowest BCUT2D eigenvalue weighted by Gasteiger charge is -2.10. The van der Waals surface area contributed by atoms with Crippen molar-refractivity contribution in [3.8, 4) is 0 Å². The van der Waals surface area contributed by atoms with Crippen LogP contribution in [0.5, 0.6) is 0 Å². The number of halogens is 2. The number of hydrogen-bond donors (Lipinski definition) is 1. The predicted molar refractivity (Wildman–Crippen MR) is 76.7 cm³/mol. The number of aromatic amines is 1. The van der Waals surface area contributed by atoms with Gasteiger partial charge in [-0.1, -0.05) is 0 Å². The van der Waals surface area contributed by atoms with Crippen LogP contribution >= 0.6 is 28.1 Å². The first-order chi connectivity index (χ1) is 8.87. The van der Waals surface area contributed by atoms with E-state index in [4.69, 9.17) is 12.2 Å². The summed E-state index contributed by atoms with van der Waals surface area (Å²) in [6.45, 7) is 0. The fourth-order valence-corrected chi connectivity index (χ4v) is 4.11. The second kappa shape index (κ2) is 4.26. The van der Waals surface area contributed by atoms with E-state index < -0.39 is 15.7 Å². The monoisotopic (exact) mass is 362 g/mol. The minimum absolute atomic E-state index is 0.0245. The second-order valence-electron chi connectivity index (χ2n) is 4.31. The molecule has 0 saturated heterocycles. The van der Waals surface area contributed by atoms with Gasteiger partial charge in [-0.15, -0.1) is 0 Å². The molecule has 0 saturated carbocycles. The number of hydrogen-bond acceptors (Lipinski definition) is 3. The van der Waals surface area contributed by atoms with Crippen molar-refractivity contribution in [2.24, 2.45) is 0 Å². The summed E-state index contributed by atoms with van der Waals surface area (Å²) >= 11 is 8.31. The van der Waals surface area contributed by atoms with Gasteiger partial charge in [0.1, 0.15) is 5.82 Å². The Kier molecular flexibility index (Phi) is 2.91. The molecule has 2 heterocycles. The van der Waals surface area contributed by atoms with Crippen LogP contribution in [0.3, 0.4) is 0 Å². The van der Waals surface area contributed by atoms with Gasteiger partial charge in [0.2, 0.25) is 0 Å². The number of sulfone groups is 1. The maximum Gasteiger partial charge on any atom is 0.178 e. The maximum absolute atomic E-state index is 13.5. The fourth-order valence-electron chi connectivity index (χ4n) is 2.17. The van der Waals surface area contributed by atoms with Crippen molar-refractivity contribution >= 4 is 49.0 Å². The molecular formula is C11H8BrFN2O2S2. The topological polar surface area (TPSA) is 54.9 Å². The Morgan fingerprint density at radius 3 is 2.84 bits per heavy atom. The van der Waals surface area contributed by atoms with Gasteiger partial charge < -0.3 is 9.55 Å². The van der Waals surface area contributed by atoms with Gasteiger partial charge in [0.05, 0.1) is 27.3 Å². The minimum Gasteiger partial charge on any atom is -0.330 e. The fraction of sp³-hybridized carbons (Fsp3) is 0.182. The Labute approximate surface area is 122 Å². The minimum atomic E-state index is -3.17. The van der Waals surface area contributed by atoms with Crippen LogP contribution in [0, 0.1) is 10.6 Å². The number of allylic oxidation sites excluding steroid dienone is 1. The average molecular weight is 363 g/mol. The number of H-pyrrole nitrogens is 1. The van der Waals surface area contributed by atoms with Gasteiger partial charge in [-0.25, -0.2) is 12.8 Å². The van der Waals surface area contributed by atoms with E-state index in [0.29, 0.717) is 20.3 Å². The van der Waals surface area contributed by atoms with Crippen LogP contribution in [0.4, 0.5) is 4.39 Å².